The summed E-state index contributed by atoms with van der Waals surface area (Å²) in [7, 11) is 1.91. The van der Waals surface area contributed by atoms with Crippen molar-refractivity contribution in [3.63, 3.8) is 0 Å². The molecule has 1 atom stereocenters. The first-order valence-corrected chi connectivity index (χ1v) is 7.89. The molecule has 0 aromatic heterocycles. The number of benzene rings is 1. The quantitative estimate of drug-likeness (QED) is 0.876. The summed E-state index contributed by atoms with van der Waals surface area (Å²) in [5.74, 6) is -0.0135. The minimum Gasteiger partial charge on any atom is -0.334 e. The molecule has 2 rings (SSSR count). The Bertz CT molecular complexity index is 525. The monoisotopic (exact) mass is 303 g/mol. The van der Waals surface area contributed by atoms with Crippen LogP contribution in [-0.4, -0.2) is 42.9 Å². The van der Waals surface area contributed by atoms with Crippen LogP contribution < -0.4 is 10.6 Å². The highest BCUT2D eigenvalue weighted by molar-refractivity contribution is 5.96. The van der Waals surface area contributed by atoms with Crippen LogP contribution in [-0.2, 0) is 4.79 Å². The number of hydrogen-bond acceptors (Lipinski definition) is 3. The summed E-state index contributed by atoms with van der Waals surface area (Å²) in [6.07, 6.45) is 2.11. The Morgan fingerprint density at radius 3 is 2.55 bits per heavy atom. The number of likely N-dealkylation sites (tertiary alicyclic amines) is 1. The van der Waals surface area contributed by atoms with Gasteiger partial charge < -0.3 is 15.5 Å². The first-order valence-electron chi connectivity index (χ1n) is 7.89. The summed E-state index contributed by atoms with van der Waals surface area (Å²) in [6, 6.07) is 7.42. The van der Waals surface area contributed by atoms with Crippen LogP contribution in [0.5, 0.6) is 0 Å². The molecule has 2 amide bonds. The van der Waals surface area contributed by atoms with Crippen LogP contribution in [0.25, 0.3) is 0 Å². The lowest BCUT2D eigenvalue weighted by molar-refractivity contribution is -0.118. The van der Waals surface area contributed by atoms with Gasteiger partial charge in [-0.05, 0) is 44.2 Å². The van der Waals surface area contributed by atoms with E-state index in [-0.39, 0.29) is 23.8 Å². The number of carbonyl (C=O) groups excluding carboxylic acids is 2. The van der Waals surface area contributed by atoms with Gasteiger partial charge in [-0.1, -0.05) is 13.8 Å². The molecule has 0 aliphatic carbocycles. The molecular weight excluding hydrogens is 278 g/mol. The summed E-state index contributed by atoms with van der Waals surface area (Å²) in [5.41, 5.74) is 1.40. The first kappa shape index (κ1) is 16.5. The zero-order chi connectivity index (χ0) is 16.1. The standard InChI is InChI=1S/C17H25N3O2/c1-12(2)16(21)19-14-8-6-13(7-9-14)17(22)20-10-4-5-15(20)11-18-3/h6-9,12,15,18H,4-5,10-11H2,1-3H3,(H,19,21). The van der Waals surface area contributed by atoms with E-state index in [0.717, 1.165) is 31.6 Å². The van der Waals surface area contributed by atoms with E-state index >= 15 is 0 Å². The minimum absolute atomic E-state index is 0.0206. The van der Waals surface area contributed by atoms with Crippen molar-refractivity contribution in [1.82, 2.24) is 10.2 Å². The van der Waals surface area contributed by atoms with Gasteiger partial charge in [0.05, 0.1) is 0 Å². The van der Waals surface area contributed by atoms with Gasteiger partial charge in [0.2, 0.25) is 5.91 Å². The lowest BCUT2D eigenvalue weighted by Gasteiger charge is -2.24. The van der Waals surface area contributed by atoms with E-state index in [1.165, 1.54) is 0 Å². The first-order chi connectivity index (χ1) is 10.5. The predicted molar refractivity (Wildman–Crippen MR) is 87.9 cm³/mol. The van der Waals surface area contributed by atoms with Gasteiger partial charge >= 0.3 is 0 Å². The second-order valence-corrected chi connectivity index (χ2v) is 6.07. The fourth-order valence-corrected chi connectivity index (χ4v) is 2.70. The molecule has 5 nitrogen and oxygen atoms in total. The van der Waals surface area contributed by atoms with Gasteiger partial charge in [0.25, 0.3) is 5.91 Å². The van der Waals surface area contributed by atoms with Crippen LogP contribution in [0.4, 0.5) is 5.69 Å². The van der Waals surface area contributed by atoms with Crippen LogP contribution >= 0.6 is 0 Å². The number of amides is 2. The van der Waals surface area contributed by atoms with Crippen LogP contribution in [0.1, 0.15) is 37.0 Å². The van der Waals surface area contributed by atoms with E-state index in [0.29, 0.717) is 5.56 Å². The minimum atomic E-state index is -0.0618. The van der Waals surface area contributed by atoms with Crippen LogP contribution in [0.15, 0.2) is 24.3 Å². The van der Waals surface area contributed by atoms with Crippen LogP contribution in [0.3, 0.4) is 0 Å². The topological polar surface area (TPSA) is 61.4 Å². The van der Waals surface area contributed by atoms with E-state index < -0.39 is 0 Å². The normalized spacial score (nSPS) is 17.8. The smallest absolute Gasteiger partial charge is 0.254 e. The van der Waals surface area contributed by atoms with Crippen molar-refractivity contribution in [2.45, 2.75) is 32.7 Å². The average molecular weight is 303 g/mol. The number of hydrogen-bond donors (Lipinski definition) is 2. The third-order valence-electron chi connectivity index (χ3n) is 4.00. The van der Waals surface area contributed by atoms with E-state index in [1.807, 2.05) is 25.8 Å². The fourth-order valence-electron chi connectivity index (χ4n) is 2.70. The van der Waals surface area contributed by atoms with Crippen molar-refractivity contribution in [2.24, 2.45) is 5.92 Å². The maximum absolute atomic E-state index is 12.6. The van der Waals surface area contributed by atoms with Crippen molar-refractivity contribution < 1.29 is 9.59 Å². The highest BCUT2D eigenvalue weighted by Gasteiger charge is 2.28. The number of nitrogens with one attached hydrogen (secondary N) is 2. The Labute approximate surface area is 132 Å². The summed E-state index contributed by atoms with van der Waals surface area (Å²) >= 11 is 0. The molecule has 1 aromatic carbocycles. The van der Waals surface area contributed by atoms with Crippen molar-refractivity contribution in [3.8, 4) is 0 Å². The number of rotatable bonds is 5. The molecule has 5 heteroatoms. The molecular formula is C17H25N3O2. The molecule has 1 fully saturated rings. The summed E-state index contributed by atoms with van der Waals surface area (Å²) in [4.78, 5) is 26.2. The van der Waals surface area contributed by atoms with Crippen molar-refractivity contribution >= 4 is 17.5 Å². The van der Waals surface area contributed by atoms with Crippen molar-refractivity contribution in [3.05, 3.63) is 29.8 Å². The van der Waals surface area contributed by atoms with Gasteiger partial charge in [-0.15, -0.1) is 0 Å². The van der Waals surface area contributed by atoms with Gasteiger partial charge in [-0.3, -0.25) is 9.59 Å². The fraction of sp³-hybridized carbons (Fsp3) is 0.529. The molecule has 1 aromatic rings. The van der Waals surface area contributed by atoms with Gasteiger partial charge in [0.1, 0.15) is 0 Å². The van der Waals surface area contributed by atoms with Gasteiger partial charge in [0, 0.05) is 36.3 Å². The zero-order valence-corrected chi connectivity index (χ0v) is 13.6. The molecule has 120 valence electrons. The molecule has 0 bridgehead atoms. The molecule has 1 unspecified atom stereocenters. The lowest BCUT2D eigenvalue weighted by atomic mass is 10.1. The van der Waals surface area contributed by atoms with Crippen molar-refractivity contribution in [2.75, 3.05) is 25.5 Å². The summed E-state index contributed by atoms with van der Waals surface area (Å²) in [5, 5.41) is 5.98. The van der Waals surface area contributed by atoms with Gasteiger partial charge in [-0.25, -0.2) is 0 Å². The summed E-state index contributed by atoms with van der Waals surface area (Å²) in [6.45, 7) is 5.34. The molecule has 0 saturated carbocycles. The maximum Gasteiger partial charge on any atom is 0.254 e. The molecule has 1 saturated heterocycles. The Balaban J connectivity index is 2.03. The zero-order valence-electron chi connectivity index (χ0n) is 13.6. The highest BCUT2D eigenvalue weighted by atomic mass is 16.2. The highest BCUT2D eigenvalue weighted by Crippen LogP contribution is 2.20. The Morgan fingerprint density at radius 1 is 1.27 bits per heavy atom. The van der Waals surface area contributed by atoms with E-state index in [1.54, 1.807) is 24.3 Å². The SMILES string of the molecule is CNCC1CCCN1C(=O)c1ccc(NC(=O)C(C)C)cc1. The average Bonchev–Trinajstić information content (AvgIpc) is 2.96. The van der Waals surface area contributed by atoms with E-state index in [9.17, 15) is 9.59 Å². The van der Waals surface area contributed by atoms with Gasteiger partial charge in [-0.2, -0.15) is 0 Å². The van der Waals surface area contributed by atoms with Gasteiger partial charge in [0.15, 0.2) is 0 Å². The van der Waals surface area contributed by atoms with E-state index in [4.69, 9.17) is 0 Å². The lowest BCUT2D eigenvalue weighted by Crippen LogP contribution is -2.40. The molecule has 1 aliphatic heterocycles. The largest absolute Gasteiger partial charge is 0.334 e. The molecule has 1 heterocycles. The Kier molecular flexibility index (Phi) is 5.55. The van der Waals surface area contributed by atoms with Crippen LogP contribution in [0.2, 0.25) is 0 Å². The van der Waals surface area contributed by atoms with Crippen LogP contribution in [0, 0.1) is 5.92 Å². The number of carbonyl (C=O) groups is 2. The second-order valence-electron chi connectivity index (χ2n) is 6.07. The Hall–Kier alpha value is -1.88. The van der Waals surface area contributed by atoms with Crippen molar-refractivity contribution in [1.29, 1.82) is 0 Å². The second kappa shape index (κ2) is 7.40. The molecule has 22 heavy (non-hydrogen) atoms. The molecule has 1 aliphatic rings. The third-order valence-corrected chi connectivity index (χ3v) is 4.00. The third kappa shape index (κ3) is 3.85. The molecule has 0 spiro atoms. The number of likely N-dealkylation sites (N-methyl/N-ethyl adjacent to an activating group) is 1. The molecule has 2 N–H and O–H groups in total. The van der Waals surface area contributed by atoms with E-state index in [2.05, 4.69) is 10.6 Å². The Morgan fingerprint density at radius 2 is 1.95 bits per heavy atom. The number of nitrogens with zero attached hydrogens (tertiary/aromatic N) is 1. The number of anilines is 1. The maximum atomic E-state index is 12.6. The molecule has 0 radical (unpaired) electrons. The predicted octanol–water partition coefficient (Wildman–Crippen LogP) is 2.11. The summed E-state index contributed by atoms with van der Waals surface area (Å²) < 4.78 is 0.